The zero-order chi connectivity index (χ0) is 16.1. The maximum atomic E-state index is 5.42. The van der Waals surface area contributed by atoms with Crippen LogP contribution in [0.1, 0.15) is 22.7 Å². The van der Waals surface area contributed by atoms with Crippen molar-refractivity contribution in [3.05, 3.63) is 77.6 Å². The molecule has 0 bridgehead atoms. The second-order valence-electron chi connectivity index (χ2n) is 5.98. The van der Waals surface area contributed by atoms with Gasteiger partial charge in [-0.15, -0.1) is 0 Å². The molecule has 3 nitrogen and oxygen atoms in total. The minimum Gasteiger partial charge on any atom is -0.497 e. The van der Waals surface area contributed by atoms with Crippen LogP contribution in [-0.4, -0.2) is 17.1 Å². The number of rotatable bonds is 2. The fourth-order valence-electron chi connectivity index (χ4n) is 3.59. The Morgan fingerprint density at radius 2 is 1.96 bits per heavy atom. The molecule has 0 spiro atoms. The lowest BCUT2D eigenvalue weighted by atomic mass is 9.88. The Labute approximate surface area is 144 Å². The van der Waals surface area contributed by atoms with Crippen LogP contribution < -0.4 is 4.74 Å². The van der Waals surface area contributed by atoms with Gasteiger partial charge in [0, 0.05) is 33.3 Å². The van der Waals surface area contributed by atoms with E-state index in [1.807, 2.05) is 6.20 Å². The van der Waals surface area contributed by atoms with Crippen molar-refractivity contribution in [1.82, 2.24) is 9.97 Å². The fraction of sp³-hybridized carbons (Fsp3) is 0.100. The average Bonchev–Trinajstić information content (AvgIpc) is 3.26. The fourth-order valence-corrected chi connectivity index (χ4v) is 4.78. The first-order chi connectivity index (χ1) is 11.8. The molecular weight excluding hydrogens is 316 g/mol. The topological polar surface area (TPSA) is 40.8 Å². The van der Waals surface area contributed by atoms with Crippen LogP contribution in [0.25, 0.3) is 10.9 Å². The Kier molecular flexibility index (Phi) is 3.00. The Balaban J connectivity index is 1.81. The minimum atomic E-state index is 0.202. The molecule has 1 aliphatic rings. The molecule has 3 heterocycles. The molecule has 1 unspecified atom stereocenters. The van der Waals surface area contributed by atoms with Gasteiger partial charge < -0.3 is 14.7 Å². The number of aromatic nitrogens is 2. The van der Waals surface area contributed by atoms with Crippen molar-refractivity contribution in [3.8, 4) is 5.75 Å². The zero-order valence-electron chi connectivity index (χ0n) is 13.2. The number of nitrogens with one attached hydrogen (secondary N) is 2. The molecule has 2 aromatic heterocycles. The van der Waals surface area contributed by atoms with Crippen LogP contribution >= 0.6 is 11.8 Å². The van der Waals surface area contributed by atoms with E-state index in [-0.39, 0.29) is 5.92 Å². The second kappa shape index (κ2) is 5.21. The van der Waals surface area contributed by atoms with Gasteiger partial charge in [0.25, 0.3) is 0 Å². The van der Waals surface area contributed by atoms with Gasteiger partial charge in [-0.25, -0.2) is 0 Å². The zero-order valence-corrected chi connectivity index (χ0v) is 14.0. The van der Waals surface area contributed by atoms with Crippen LogP contribution in [0.2, 0.25) is 0 Å². The molecule has 1 atom stereocenters. The number of hydrogen-bond acceptors (Lipinski definition) is 2. The van der Waals surface area contributed by atoms with Gasteiger partial charge in [0.05, 0.1) is 18.1 Å². The Morgan fingerprint density at radius 1 is 1.04 bits per heavy atom. The van der Waals surface area contributed by atoms with Crippen molar-refractivity contribution in [3.63, 3.8) is 0 Å². The number of hydrogen-bond donors (Lipinski definition) is 2. The van der Waals surface area contributed by atoms with E-state index >= 15 is 0 Å². The summed E-state index contributed by atoms with van der Waals surface area (Å²) in [5.74, 6) is 1.10. The molecule has 0 saturated heterocycles. The molecule has 0 saturated carbocycles. The molecule has 118 valence electrons. The highest BCUT2D eigenvalue weighted by atomic mass is 32.2. The molecule has 24 heavy (non-hydrogen) atoms. The van der Waals surface area contributed by atoms with Crippen molar-refractivity contribution < 1.29 is 4.74 Å². The predicted octanol–water partition coefficient (Wildman–Crippen LogP) is 5.15. The summed E-state index contributed by atoms with van der Waals surface area (Å²) in [7, 11) is 1.71. The number of ether oxygens (including phenoxy) is 1. The highest BCUT2D eigenvalue weighted by Gasteiger charge is 2.31. The van der Waals surface area contributed by atoms with Crippen molar-refractivity contribution >= 4 is 22.7 Å². The maximum absolute atomic E-state index is 5.42. The molecule has 2 aromatic carbocycles. The van der Waals surface area contributed by atoms with Gasteiger partial charge in [-0.2, -0.15) is 0 Å². The second-order valence-corrected chi connectivity index (χ2v) is 7.03. The molecule has 0 aliphatic carbocycles. The summed E-state index contributed by atoms with van der Waals surface area (Å²) in [5, 5.41) is 2.51. The maximum Gasteiger partial charge on any atom is 0.120 e. The Bertz CT molecular complexity index is 1030. The van der Waals surface area contributed by atoms with Gasteiger partial charge in [0.1, 0.15) is 5.75 Å². The molecule has 4 aromatic rings. The predicted molar refractivity (Wildman–Crippen MR) is 97.2 cm³/mol. The molecule has 0 amide bonds. The van der Waals surface area contributed by atoms with E-state index in [0.717, 1.165) is 5.75 Å². The lowest BCUT2D eigenvalue weighted by Crippen LogP contribution is -2.09. The first kappa shape index (κ1) is 13.8. The van der Waals surface area contributed by atoms with E-state index in [9.17, 15) is 0 Å². The van der Waals surface area contributed by atoms with E-state index in [1.165, 1.54) is 37.6 Å². The summed E-state index contributed by atoms with van der Waals surface area (Å²) >= 11 is 1.79. The van der Waals surface area contributed by atoms with Gasteiger partial charge >= 0.3 is 0 Å². The number of methoxy groups -OCH3 is 1. The first-order valence-corrected chi connectivity index (χ1v) is 8.76. The summed E-state index contributed by atoms with van der Waals surface area (Å²) in [6.07, 6.45) is 1.99. The van der Waals surface area contributed by atoms with Gasteiger partial charge in [-0.05, 0) is 35.9 Å². The minimum absolute atomic E-state index is 0.202. The SMILES string of the molecule is COc1ccc2c(c1)Sc1[nH]c3ccccc3c1C2c1ccc[nH]1. The number of para-hydroxylation sites is 1. The normalized spacial score (nSPS) is 16.0. The molecule has 0 fully saturated rings. The first-order valence-electron chi connectivity index (χ1n) is 7.95. The van der Waals surface area contributed by atoms with E-state index in [4.69, 9.17) is 4.74 Å². The Hall–Kier alpha value is -2.59. The van der Waals surface area contributed by atoms with E-state index in [1.54, 1.807) is 18.9 Å². The highest BCUT2D eigenvalue weighted by molar-refractivity contribution is 7.99. The average molecular weight is 332 g/mol. The van der Waals surface area contributed by atoms with E-state index in [0.29, 0.717) is 0 Å². The van der Waals surface area contributed by atoms with E-state index in [2.05, 4.69) is 64.6 Å². The number of H-pyrrole nitrogens is 2. The largest absolute Gasteiger partial charge is 0.497 e. The van der Waals surface area contributed by atoms with Gasteiger partial charge in [0.2, 0.25) is 0 Å². The summed E-state index contributed by atoms with van der Waals surface area (Å²) in [6, 6.07) is 19.1. The number of aromatic amines is 2. The molecule has 4 heteroatoms. The third-order valence-corrected chi connectivity index (χ3v) is 5.78. The van der Waals surface area contributed by atoms with Crippen molar-refractivity contribution in [1.29, 1.82) is 0 Å². The summed E-state index contributed by atoms with van der Waals surface area (Å²) < 4.78 is 5.42. The van der Waals surface area contributed by atoms with Gasteiger partial charge in [-0.3, -0.25) is 0 Å². The Morgan fingerprint density at radius 3 is 2.79 bits per heavy atom. The van der Waals surface area contributed by atoms with Crippen LogP contribution in [0.3, 0.4) is 0 Å². The quantitative estimate of drug-likeness (QED) is 0.469. The number of fused-ring (bicyclic) bond motifs is 4. The summed E-state index contributed by atoms with van der Waals surface area (Å²) in [5.41, 5.74) is 5.08. The molecule has 0 radical (unpaired) electrons. The number of benzene rings is 2. The molecule has 2 N–H and O–H groups in total. The molecule has 5 rings (SSSR count). The van der Waals surface area contributed by atoms with Crippen molar-refractivity contribution in [2.24, 2.45) is 0 Å². The van der Waals surface area contributed by atoms with Crippen LogP contribution in [0.4, 0.5) is 0 Å². The smallest absolute Gasteiger partial charge is 0.120 e. The highest BCUT2D eigenvalue weighted by Crippen LogP contribution is 2.51. The van der Waals surface area contributed by atoms with Crippen LogP contribution in [0, 0.1) is 0 Å². The summed E-state index contributed by atoms with van der Waals surface area (Å²) in [6.45, 7) is 0. The van der Waals surface area contributed by atoms with Crippen molar-refractivity contribution in [2.45, 2.75) is 15.8 Å². The molecule has 1 aliphatic heterocycles. The lowest BCUT2D eigenvalue weighted by molar-refractivity contribution is 0.413. The van der Waals surface area contributed by atoms with Gasteiger partial charge in [-0.1, -0.05) is 36.0 Å². The monoisotopic (exact) mass is 332 g/mol. The van der Waals surface area contributed by atoms with Crippen molar-refractivity contribution in [2.75, 3.05) is 7.11 Å². The van der Waals surface area contributed by atoms with E-state index < -0.39 is 0 Å². The molecular formula is C20H16N2OS. The van der Waals surface area contributed by atoms with Crippen LogP contribution in [0.15, 0.2) is 70.7 Å². The third kappa shape index (κ3) is 1.93. The van der Waals surface area contributed by atoms with Crippen LogP contribution in [0.5, 0.6) is 5.75 Å². The lowest BCUT2D eigenvalue weighted by Gasteiger charge is -2.25. The van der Waals surface area contributed by atoms with Gasteiger partial charge in [0.15, 0.2) is 0 Å². The third-order valence-electron chi connectivity index (χ3n) is 4.68. The summed E-state index contributed by atoms with van der Waals surface area (Å²) in [4.78, 5) is 8.26. The van der Waals surface area contributed by atoms with Crippen LogP contribution in [-0.2, 0) is 0 Å². The standard InChI is InChI=1S/C20H16N2OS/c1-23-12-8-9-14-17(11-12)24-20-19(18(14)16-7-4-10-21-16)13-5-2-3-6-15(13)22-20/h2-11,18,21-22H,1H3.